The van der Waals surface area contributed by atoms with Gasteiger partial charge in [-0.3, -0.25) is 10.1 Å². The van der Waals surface area contributed by atoms with Crippen LogP contribution in [0.2, 0.25) is 0 Å². The molecule has 0 radical (unpaired) electrons. The third kappa shape index (κ3) is 1.75. The van der Waals surface area contributed by atoms with Crippen LogP contribution >= 0.6 is 0 Å². The molecule has 0 fully saturated rings. The maximum absolute atomic E-state index is 11.3. The zero-order chi connectivity index (χ0) is 12.6. The van der Waals surface area contributed by atoms with E-state index in [1.54, 1.807) is 0 Å². The van der Waals surface area contributed by atoms with Crippen LogP contribution in [0, 0.1) is 17.0 Å². The molecule has 2 aromatic rings. The molecule has 0 spiro atoms. The van der Waals surface area contributed by atoms with Crippen molar-refractivity contribution >= 4 is 5.69 Å². The zero-order valence-corrected chi connectivity index (χ0v) is 8.76. The van der Waals surface area contributed by atoms with E-state index in [9.17, 15) is 19.7 Å². The van der Waals surface area contributed by atoms with Gasteiger partial charge in [-0.05, 0) is 19.1 Å². The Kier molecular flexibility index (Phi) is 2.39. The van der Waals surface area contributed by atoms with Crippen LogP contribution in [0.5, 0.6) is 0 Å². The highest BCUT2D eigenvalue weighted by Crippen LogP contribution is 2.19. The third-order valence-electron chi connectivity index (χ3n) is 2.32. The fraction of sp³-hybridized carbons (Fsp3) is 0.111. The van der Waals surface area contributed by atoms with Gasteiger partial charge in [-0.1, -0.05) is 0 Å². The highest BCUT2D eigenvalue weighted by atomic mass is 16.6. The van der Waals surface area contributed by atoms with Gasteiger partial charge in [0, 0.05) is 11.6 Å². The van der Waals surface area contributed by atoms with Gasteiger partial charge in [-0.25, -0.2) is 24.4 Å². The lowest BCUT2D eigenvalue weighted by Gasteiger charge is -2.01. The summed E-state index contributed by atoms with van der Waals surface area (Å²) < 4.78 is 0.858. The molecule has 0 bridgehead atoms. The second-order valence-electron chi connectivity index (χ2n) is 3.42. The van der Waals surface area contributed by atoms with Crippen LogP contribution in [-0.2, 0) is 0 Å². The van der Waals surface area contributed by atoms with Crippen molar-refractivity contribution in [3.8, 4) is 5.69 Å². The number of aromatic nitrogens is 3. The number of rotatable bonds is 2. The summed E-state index contributed by atoms with van der Waals surface area (Å²) in [7, 11) is 0. The Hall–Kier alpha value is -2.64. The first kappa shape index (κ1) is 10.9. The second kappa shape index (κ2) is 3.74. The molecule has 1 aromatic heterocycles. The zero-order valence-electron chi connectivity index (χ0n) is 8.76. The summed E-state index contributed by atoms with van der Waals surface area (Å²) in [5.74, 6) is 0. The van der Waals surface area contributed by atoms with E-state index >= 15 is 0 Å². The molecule has 0 aliphatic carbocycles. The van der Waals surface area contributed by atoms with E-state index in [1.807, 2.05) is 0 Å². The van der Waals surface area contributed by atoms with Crippen molar-refractivity contribution in [3.63, 3.8) is 0 Å². The van der Waals surface area contributed by atoms with E-state index < -0.39 is 16.3 Å². The van der Waals surface area contributed by atoms with Crippen molar-refractivity contribution in [1.29, 1.82) is 0 Å². The summed E-state index contributed by atoms with van der Waals surface area (Å²) >= 11 is 0. The number of nitro benzene ring substituents is 1. The number of hydrogen-bond acceptors (Lipinski definition) is 4. The molecule has 0 atom stereocenters. The molecule has 2 rings (SSSR count). The van der Waals surface area contributed by atoms with Crippen molar-refractivity contribution in [2.45, 2.75) is 6.92 Å². The third-order valence-corrected chi connectivity index (χ3v) is 2.32. The number of H-pyrrole nitrogens is 2. The van der Waals surface area contributed by atoms with Gasteiger partial charge in [-0.15, -0.1) is 0 Å². The molecule has 0 aliphatic rings. The Morgan fingerprint density at radius 3 is 2.29 bits per heavy atom. The normalized spacial score (nSPS) is 10.4. The largest absolute Gasteiger partial charge is 0.348 e. The summed E-state index contributed by atoms with van der Waals surface area (Å²) in [6.45, 7) is 1.54. The predicted octanol–water partition coefficient (Wildman–Crippen LogP) is 0.0705. The molecule has 0 saturated carbocycles. The fourth-order valence-electron chi connectivity index (χ4n) is 1.53. The van der Waals surface area contributed by atoms with Crippen LogP contribution in [0.25, 0.3) is 5.69 Å². The van der Waals surface area contributed by atoms with E-state index in [1.165, 1.54) is 25.1 Å². The average molecular weight is 236 g/mol. The monoisotopic (exact) mass is 236 g/mol. The van der Waals surface area contributed by atoms with Gasteiger partial charge in [0.2, 0.25) is 0 Å². The molecule has 0 saturated heterocycles. The van der Waals surface area contributed by atoms with Crippen LogP contribution in [0.4, 0.5) is 5.69 Å². The molecule has 1 aromatic carbocycles. The first-order chi connectivity index (χ1) is 8.00. The molecule has 0 unspecified atom stereocenters. The van der Waals surface area contributed by atoms with Gasteiger partial charge in [0.15, 0.2) is 0 Å². The van der Waals surface area contributed by atoms with Crippen molar-refractivity contribution in [1.82, 2.24) is 14.8 Å². The van der Waals surface area contributed by atoms with Gasteiger partial charge >= 0.3 is 11.4 Å². The Labute approximate surface area is 93.7 Å². The first-order valence-corrected chi connectivity index (χ1v) is 4.66. The maximum Gasteiger partial charge on any atom is 0.348 e. The molecule has 88 valence electrons. The summed E-state index contributed by atoms with van der Waals surface area (Å²) in [5, 5.41) is 14.9. The van der Waals surface area contributed by atoms with E-state index in [4.69, 9.17) is 0 Å². The van der Waals surface area contributed by atoms with Gasteiger partial charge in [0.05, 0.1) is 10.6 Å². The van der Waals surface area contributed by atoms with Crippen LogP contribution in [0.1, 0.15) is 5.56 Å². The van der Waals surface area contributed by atoms with E-state index in [2.05, 4.69) is 10.2 Å². The van der Waals surface area contributed by atoms with Crippen LogP contribution in [0.3, 0.4) is 0 Å². The number of nitrogens with zero attached hydrogens (tertiary/aromatic N) is 2. The SMILES string of the molecule is Cc1cc(-n2c(=O)[nH][nH]c2=O)ccc1[N+](=O)[O-]. The van der Waals surface area contributed by atoms with Gasteiger partial charge in [-0.2, -0.15) is 0 Å². The van der Waals surface area contributed by atoms with Crippen molar-refractivity contribution in [2.24, 2.45) is 0 Å². The van der Waals surface area contributed by atoms with E-state index in [0.29, 0.717) is 5.56 Å². The Morgan fingerprint density at radius 1 is 1.24 bits per heavy atom. The molecule has 17 heavy (non-hydrogen) atoms. The van der Waals surface area contributed by atoms with Gasteiger partial charge < -0.3 is 0 Å². The highest BCUT2D eigenvalue weighted by Gasteiger charge is 2.13. The lowest BCUT2D eigenvalue weighted by Crippen LogP contribution is -2.24. The topological polar surface area (TPSA) is 114 Å². The molecule has 2 N–H and O–H groups in total. The summed E-state index contributed by atoms with van der Waals surface area (Å²) in [6.07, 6.45) is 0. The standard InChI is InChI=1S/C9H8N4O4/c1-5-4-6(2-3-7(5)13(16)17)12-8(14)10-11-9(12)15/h2-4H,1H3,(H,10,14)(H,11,15). The molecule has 1 heterocycles. The van der Waals surface area contributed by atoms with Crippen LogP contribution < -0.4 is 11.4 Å². The first-order valence-electron chi connectivity index (χ1n) is 4.66. The number of benzene rings is 1. The summed E-state index contributed by atoms with van der Waals surface area (Å²) in [5.41, 5.74) is -0.652. The molecule has 8 nitrogen and oxygen atoms in total. The van der Waals surface area contributed by atoms with Crippen molar-refractivity contribution in [2.75, 3.05) is 0 Å². The number of nitro groups is 1. The summed E-state index contributed by atoms with van der Waals surface area (Å²) in [4.78, 5) is 32.7. The lowest BCUT2D eigenvalue weighted by atomic mass is 10.2. The molecule has 0 aliphatic heterocycles. The maximum atomic E-state index is 11.3. The predicted molar refractivity (Wildman–Crippen MR) is 58.4 cm³/mol. The van der Waals surface area contributed by atoms with E-state index in [-0.39, 0.29) is 11.4 Å². The number of aryl methyl sites for hydroxylation is 1. The Bertz CT molecular complexity index is 666. The van der Waals surface area contributed by atoms with Crippen molar-refractivity contribution in [3.05, 3.63) is 54.8 Å². The molecule has 8 heteroatoms. The Balaban J connectivity index is 2.64. The van der Waals surface area contributed by atoms with Gasteiger partial charge in [0.1, 0.15) is 0 Å². The summed E-state index contributed by atoms with van der Waals surface area (Å²) in [6, 6.07) is 4.00. The number of nitrogens with one attached hydrogen (secondary N) is 2. The van der Waals surface area contributed by atoms with Gasteiger partial charge in [0.25, 0.3) is 5.69 Å². The highest BCUT2D eigenvalue weighted by molar-refractivity contribution is 5.47. The minimum Gasteiger partial charge on any atom is -0.258 e. The van der Waals surface area contributed by atoms with Crippen molar-refractivity contribution < 1.29 is 4.92 Å². The fourth-order valence-corrected chi connectivity index (χ4v) is 1.53. The quantitative estimate of drug-likeness (QED) is 0.567. The smallest absolute Gasteiger partial charge is 0.258 e. The lowest BCUT2D eigenvalue weighted by molar-refractivity contribution is -0.385. The number of aromatic amines is 2. The number of hydrogen-bond donors (Lipinski definition) is 2. The van der Waals surface area contributed by atoms with E-state index in [0.717, 1.165) is 4.57 Å². The van der Waals surface area contributed by atoms with Crippen LogP contribution in [-0.4, -0.2) is 19.7 Å². The van der Waals surface area contributed by atoms with Crippen LogP contribution in [0.15, 0.2) is 27.8 Å². The second-order valence-corrected chi connectivity index (χ2v) is 3.42. The molecular weight excluding hydrogens is 228 g/mol. The molecule has 0 amide bonds. The molecular formula is C9H8N4O4. The average Bonchev–Trinajstić information content (AvgIpc) is 2.58. The Morgan fingerprint density at radius 2 is 1.82 bits per heavy atom. The minimum absolute atomic E-state index is 0.0613. The minimum atomic E-state index is -0.622.